The van der Waals surface area contributed by atoms with Gasteiger partial charge in [0.05, 0.1) is 12.0 Å². The molecule has 0 aliphatic heterocycles. The first-order chi connectivity index (χ1) is 17.9. The Balaban J connectivity index is 1.65. The summed E-state index contributed by atoms with van der Waals surface area (Å²) in [6.07, 6.45) is 1.35. The van der Waals surface area contributed by atoms with E-state index < -0.39 is 16.5 Å². The molecule has 4 aromatic rings. The van der Waals surface area contributed by atoms with E-state index in [0.29, 0.717) is 17.1 Å². The molecule has 0 fully saturated rings. The standard InChI is InChI=1S/C28H20ClN3O5/c1-36-26-11-5-8-19(27(26)37-17-20-9-4-7-18-6-2-3-10-23(18)20)14-21(16-30)28(33)31-24-13-12-22(29)15-25(24)32(34)35/h2-15H,17H2,1H3,(H,31,33)/b21-14-. The number of anilines is 1. The van der Waals surface area contributed by atoms with Crippen molar-refractivity contribution in [3.8, 4) is 17.6 Å². The Morgan fingerprint density at radius 2 is 1.86 bits per heavy atom. The van der Waals surface area contributed by atoms with Crippen LogP contribution in [0.15, 0.2) is 84.4 Å². The molecule has 0 aliphatic rings. The number of benzene rings is 4. The lowest BCUT2D eigenvalue weighted by atomic mass is 10.1. The zero-order valence-corrected chi connectivity index (χ0v) is 20.4. The molecule has 0 saturated carbocycles. The molecule has 0 heterocycles. The molecule has 0 saturated heterocycles. The van der Waals surface area contributed by atoms with Crippen LogP contribution >= 0.6 is 11.6 Å². The van der Waals surface area contributed by atoms with Gasteiger partial charge in [0.2, 0.25) is 0 Å². The van der Waals surface area contributed by atoms with Crippen LogP contribution in [0.25, 0.3) is 16.8 Å². The monoisotopic (exact) mass is 513 g/mol. The lowest BCUT2D eigenvalue weighted by Crippen LogP contribution is -2.14. The highest BCUT2D eigenvalue weighted by Crippen LogP contribution is 2.34. The zero-order chi connectivity index (χ0) is 26.4. The summed E-state index contributed by atoms with van der Waals surface area (Å²) in [5, 5.41) is 25.7. The van der Waals surface area contributed by atoms with E-state index >= 15 is 0 Å². The number of ether oxygens (including phenoxy) is 2. The van der Waals surface area contributed by atoms with Crippen LogP contribution in [-0.2, 0) is 11.4 Å². The average molecular weight is 514 g/mol. The van der Waals surface area contributed by atoms with Crippen LogP contribution in [0.5, 0.6) is 11.5 Å². The number of para-hydroxylation sites is 1. The average Bonchev–Trinajstić information content (AvgIpc) is 2.91. The smallest absolute Gasteiger partial charge is 0.294 e. The van der Waals surface area contributed by atoms with E-state index in [4.69, 9.17) is 21.1 Å². The van der Waals surface area contributed by atoms with Gasteiger partial charge in [-0.3, -0.25) is 14.9 Å². The number of halogens is 1. The number of nitriles is 1. The van der Waals surface area contributed by atoms with Gasteiger partial charge in [-0.05, 0) is 40.6 Å². The molecule has 0 unspecified atom stereocenters. The first-order valence-electron chi connectivity index (χ1n) is 11.0. The molecule has 0 aromatic heterocycles. The van der Waals surface area contributed by atoms with Crippen molar-refractivity contribution in [3.63, 3.8) is 0 Å². The Bertz CT molecular complexity index is 1570. The number of nitrogens with zero attached hydrogens (tertiary/aromatic N) is 2. The summed E-state index contributed by atoms with van der Waals surface area (Å²) >= 11 is 5.84. The fraction of sp³-hybridized carbons (Fsp3) is 0.0714. The number of nitro benzene ring substituents is 1. The minimum atomic E-state index is -0.823. The normalized spacial score (nSPS) is 11.0. The Morgan fingerprint density at radius 3 is 2.62 bits per heavy atom. The Labute approximate surface area is 217 Å². The maximum Gasteiger partial charge on any atom is 0.294 e. The summed E-state index contributed by atoms with van der Waals surface area (Å²) in [6, 6.07) is 24.6. The third kappa shape index (κ3) is 5.69. The number of rotatable bonds is 8. The number of methoxy groups -OCH3 is 1. The maximum absolute atomic E-state index is 12.9. The third-order valence-electron chi connectivity index (χ3n) is 5.55. The molecule has 1 N–H and O–H groups in total. The molecule has 37 heavy (non-hydrogen) atoms. The molecule has 9 heteroatoms. The summed E-state index contributed by atoms with van der Waals surface area (Å²) in [4.78, 5) is 23.6. The Morgan fingerprint density at radius 1 is 1.11 bits per heavy atom. The predicted octanol–water partition coefficient (Wildman–Crippen LogP) is 6.53. The highest BCUT2D eigenvalue weighted by Gasteiger charge is 2.20. The van der Waals surface area contributed by atoms with E-state index in [1.807, 2.05) is 48.5 Å². The SMILES string of the molecule is COc1cccc(/C=C(/C#N)C(=O)Nc2ccc(Cl)cc2[N+](=O)[O-])c1OCc1cccc2ccccc12. The molecule has 0 aliphatic carbocycles. The minimum absolute atomic E-state index is 0.0846. The van der Waals surface area contributed by atoms with E-state index in [1.165, 1.54) is 25.3 Å². The minimum Gasteiger partial charge on any atom is -0.493 e. The summed E-state index contributed by atoms with van der Waals surface area (Å²) in [5.74, 6) is -0.0632. The fourth-order valence-corrected chi connectivity index (χ4v) is 3.95. The number of hydrogen-bond donors (Lipinski definition) is 1. The van der Waals surface area contributed by atoms with Crippen LogP contribution in [0, 0.1) is 21.4 Å². The van der Waals surface area contributed by atoms with Crippen molar-refractivity contribution in [3.05, 3.63) is 111 Å². The van der Waals surface area contributed by atoms with Gasteiger partial charge < -0.3 is 14.8 Å². The van der Waals surface area contributed by atoms with E-state index in [-0.39, 0.29) is 22.9 Å². The molecule has 1 amide bonds. The van der Waals surface area contributed by atoms with Gasteiger partial charge in [-0.1, -0.05) is 66.2 Å². The number of nitro groups is 1. The molecule has 0 spiro atoms. The number of nitrogens with one attached hydrogen (secondary N) is 1. The highest BCUT2D eigenvalue weighted by atomic mass is 35.5. The molecule has 4 rings (SSSR count). The quantitative estimate of drug-likeness (QED) is 0.124. The van der Waals surface area contributed by atoms with Gasteiger partial charge in [-0.15, -0.1) is 0 Å². The number of carbonyl (C=O) groups excluding carboxylic acids is 1. The van der Waals surface area contributed by atoms with Crippen LogP contribution in [0.4, 0.5) is 11.4 Å². The number of carbonyl (C=O) groups is 1. The van der Waals surface area contributed by atoms with Gasteiger partial charge in [-0.25, -0.2) is 0 Å². The second-order valence-electron chi connectivity index (χ2n) is 7.85. The fourth-order valence-electron chi connectivity index (χ4n) is 3.79. The molecule has 8 nitrogen and oxygen atoms in total. The molecule has 0 atom stereocenters. The summed E-state index contributed by atoms with van der Waals surface area (Å²) in [5.41, 5.74) is 0.619. The number of fused-ring (bicyclic) bond motifs is 1. The first kappa shape index (κ1) is 25.2. The Kier molecular flexibility index (Phi) is 7.67. The second-order valence-corrected chi connectivity index (χ2v) is 8.28. The van der Waals surface area contributed by atoms with E-state index in [0.717, 1.165) is 22.4 Å². The van der Waals surface area contributed by atoms with Crippen molar-refractivity contribution in [2.75, 3.05) is 12.4 Å². The Hall–Kier alpha value is -4.87. The van der Waals surface area contributed by atoms with Crippen molar-refractivity contribution in [2.45, 2.75) is 6.61 Å². The summed E-state index contributed by atoms with van der Waals surface area (Å²) < 4.78 is 11.6. The molecule has 0 radical (unpaired) electrons. The number of hydrogen-bond acceptors (Lipinski definition) is 6. The van der Waals surface area contributed by atoms with Crippen molar-refractivity contribution in [2.24, 2.45) is 0 Å². The molecule has 184 valence electrons. The zero-order valence-electron chi connectivity index (χ0n) is 19.6. The van der Waals surface area contributed by atoms with Crippen LogP contribution in [0.3, 0.4) is 0 Å². The summed E-state index contributed by atoms with van der Waals surface area (Å²) in [6.45, 7) is 0.216. The number of amides is 1. The van der Waals surface area contributed by atoms with Crippen molar-refractivity contribution in [1.82, 2.24) is 0 Å². The van der Waals surface area contributed by atoms with Crippen LogP contribution < -0.4 is 14.8 Å². The van der Waals surface area contributed by atoms with Gasteiger partial charge in [0.1, 0.15) is 23.9 Å². The summed E-state index contributed by atoms with van der Waals surface area (Å²) in [7, 11) is 1.49. The highest BCUT2D eigenvalue weighted by molar-refractivity contribution is 6.31. The van der Waals surface area contributed by atoms with Gasteiger partial charge >= 0.3 is 0 Å². The lowest BCUT2D eigenvalue weighted by Gasteiger charge is -2.15. The predicted molar refractivity (Wildman–Crippen MR) is 142 cm³/mol. The molecular weight excluding hydrogens is 494 g/mol. The van der Waals surface area contributed by atoms with E-state index in [2.05, 4.69) is 5.32 Å². The lowest BCUT2D eigenvalue weighted by molar-refractivity contribution is -0.383. The van der Waals surface area contributed by atoms with E-state index in [9.17, 15) is 20.2 Å². The molecular formula is C28H20ClN3O5. The van der Waals surface area contributed by atoms with Crippen molar-refractivity contribution < 1.29 is 19.2 Å². The van der Waals surface area contributed by atoms with E-state index in [1.54, 1.807) is 18.2 Å². The largest absolute Gasteiger partial charge is 0.493 e. The first-order valence-corrected chi connectivity index (χ1v) is 11.4. The van der Waals surface area contributed by atoms with Crippen LogP contribution in [-0.4, -0.2) is 17.9 Å². The molecule has 4 aromatic carbocycles. The van der Waals surface area contributed by atoms with Gasteiger partial charge in [-0.2, -0.15) is 5.26 Å². The second kappa shape index (κ2) is 11.2. The molecule has 0 bridgehead atoms. The van der Waals surface area contributed by atoms with Crippen LogP contribution in [0.2, 0.25) is 5.02 Å². The topological polar surface area (TPSA) is 114 Å². The van der Waals surface area contributed by atoms with Gasteiger partial charge in [0.25, 0.3) is 11.6 Å². The maximum atomic E-state index is 12.9. The van der Waals surface area contributed by atoms with Gasteiger partial charge in [0, 0.05) is 16.7 Å². The van der Waals surface area contributed by atoms with Crippen LogP contribution in [0.1, 0.15) is 11.1 Å². The van der Waals surface area contributed by atoms with Gasteiger partial charge in [0.15, 0.2) is 11.5 Å². The van der Waals surface area contributed by atoms with Crippen molar-refractivity contribution >= 4 is 45.7 Å². The van der Waals surface area contributed by atoms with Crippen molar-refractivity contribution in [1.29, 1.82) is 5.26 Å². The third-order valence-corrected chi connectivity index (χ3v) is 5.79.